The molecule has 38 heavy (non-hydrogen) atoms. The van der Waals surface area contributed by atoms with Crippen molar-refractivity contribution in [3.8, 4) is 5.75 Å². The molecule has 0 spiro atoms. The highest BCUT2D eigenvalue weighted by molar-refractivity contribution is 6.30. The monoisotopic (exact) mass is 533 g/mol. The first-order valence-corrected chi connectivity index (χ1v) is 13.3. The highest BCUT2D eigenvalue weighted by Gasteiger charge is 2.30. The van der Waals surface area contributed by atoms with Crippen molar-refractivity contribution in [3.05, 3.63) is 88.9 Å². The zero-order valence-corrected chi connectivity index (χ0v) is 23.5. The van der Waals surface area contributed by atoms with Crippen LogP contribution in [-0.2, 0) is 10.2 Å². The minimum Gasteiger partial charge on any atom is -0.478 e. The molecular formula is C31H36ClN3O3. The Kier molecular flexibility index (Phi) is 8.02. The highest BCUT2D eigenvalue weighted by Crippen LogP contribution is 2.27. The number of hydrogen-bond acceptors (Lipinski definition) is 4. The molecule has 0 atom stereocenters. The standard InChI is InChI=1S/C31H36ClN3O3/c1-30(2,3)23-8-16-27(17-9-23)38-31(4,5)29(37)33-25-12-14-26(15-13-25)34-18-20-35(21-19-34)28(36)22-6-10-24(32)11-7-22/h6-17H,18-21H2,1-5H3,(H,33,37). The Morgan fingerprint density at radius 3 is 1.92 bits per heavy atom. The van der Waals surface area contributed by atoms with Crippen LogP contribution in [0.3, 0.4) is 0 Å². The maximum Gasteiger partial charge on any atom is 0.267 e. The molecule has 4 rings (SSSR count). The molecule has 1 fully saturated rings. The molecule has 0 saturated carbocycles. The molecule has 0 aromatic heterocycles. The SMILES string of the molecule is CC(C)(Oc1ccc(C(C)(C)C)cc1)C(=O)Nc1ccc(N2CCN(C(=O)c3ccc(Cl)cc3)CC2)cc1. The van der Waals surface area contributed by atoms with Crippen LogP contribution < -0.4 is 15.0 Å². The molecule has 1 aliphatic heterocycles. The van der Waals surface area contributed by atoms with Gasteiger partial charge in [-0.1, -0.05) is 44.5 Å². The van der Waals surface area contributed by atoms with Gasteiger partial charge >= 0.3 is 0 Å². The van der Waals surface area contributed by atoms with E-state index in [0.717, 1.165) is 18.8 Å². The fourth-order valence-corrected chi connectivity index (χ4v) is 4.47. The molecule has 0 bridgehead atoms. The van der Waals surface area contributed by atoms with Gasteiger partial charge in [0.15, 0.2) is 5.60 Å². The van der Waals surface area contributed by atoms with Gasteiger partial charge in [0.2, 0.25) is 0 Å². The molecule has 3 aromatic rings. The number of carbonyl (C=O) groups excluding carboxylic acids is 2. The fraction of sp³-hybridized carbons (Fsp3) is 0.355. The third-order valence-electron chi connectivity index (χ3n) is 6.79. The van der Waals surface area contributed by atoms with Gasteiger partial charge in [-0.05, 0) is 85.5 Å². The maximum absolute atomic E-state index is 13.0. The molecule has 3 aromatic carbocycles. The van der Waals surface area contributed by atoms with Crippen LogP contribution in [0.4, 0.5) is 11.4 Å². The minimum absolute atomic E-state index is 0.0226. The van der Waals surface area contributed by atoms with Crippen molar-refractivity contribution in [2.45, 2.75) is 45.6 Å². The van der Waals surface area contributed by atoms with E-state index < -0.39 is 5.60 Å². The second-order valence-corrected chi connectivity index (χ2v) is 11.6. The Morgan fingerprint density at radius 1 is 0.789 bits per heavy atom. The molecule has 1 aliphatic rings. The van der Waals surface area contributed by atoms with Crippen LogP contribution in [0.2, 0.25) is 5.02 Å². The van der Waals surface area contributed by atoms with Crippen LogP contribution in [0.15, 0.2) is 72.8 Å². The summed E-state index contributed by atoms with van der Waals surface area (Å²) in [6.07, 6.45) is 0. The molecule has 7 heteroatoms. The van der Waals surface area contributed by atoms with E-state index >= 15 is 0 Å². The van der Waals surface area contributed by atoms with Gasteiger partial charge in [-0.3, -0.25) is 9.59 Å². The van der Waals surface area contributed by atoms with Crippen LogP contribution in [0, 0.1) is 0 Å². The molecule has 0 unspecified atom stereocenters. The number of ether oxygens (including phenoxy) is 1. The molecule has 0 radical (unpaired) electrons. The van der Waals surface area contributed by atoms with E-state index in [1.165, 1.54) is 5.56 Å². The van der Waals surface area contributed by atoms with Crippen LogP contribution in [0.25, 0.3) is 0 Å². The molecule has 1 heterocycles. The molecule has 2 amide bonds. The fourth-order valence-electron chi connectivity index (χ4n) is 4.34. The van der Waals surface area contributed by atoms with Crippen molar-refractivity contribution in [1.29, 1.82) is 0 Å². The number of benzene rings is 3. The Hall–Kier alpha value is -3.51. The first-order chi connectivity index (χ1) is 17.9. The zero-order chi connectivity index (χ0) is 27.5. The number of nitrogens with zero attached hydrogens (tertiary/aromatic N) is 2. The van der Waals surface area contributed by atoms with E-state index in [1.807, 2.05) is 53.4 Å². The number of anilines is 2. The summed E-state index contributed by atoms with van der Waals surface area (Å²) >= 11 is 5.94. The predicted molar refractivity (Wildman–Crippen MR) is 154 cm³/mol. The highest BCUT2D eigenvalue weighted by atomic mass is 35.5. The quantitative estimate of drug-likeness (QED) is 0.398. The number of nitrogens with one attached hydrogen (secondary N) is 1. The third kappa shape index (κ3) is 6.67. The summed E-state index contributed by atoms with van der Waals surface area (Å²) in [4.78, 5) is 29.9. The first-order valence-electron chi connectivity index (χ1n) is 12.9. The molecule has 1 saturated heterocycles. The molecule has 200 valence electrons. The maximum atomic E-state index is 13.0. The van der Waals surface area contributed by atoms with Gasteiger partial charge in [-0.15, -0.1) is 0 Å². The van der Waals surface area contributed by atoms with Gasteiger partial charge in [0, 0.05) is 48.1 Å². The van der Waals surface area contributed by atoms with E-state index in [9.17, 15) is 9.59 Å². The number of rotatable bonds is 6. The Balaban J connectivity index is 1.30. The van der Waals surface area contributed by atoms with Gasteiger partial charge in [-0.2, -0.15) is 0 Å². The molecule has 1 N–H and O–H groups in total. The number of amides is 2. The van der Waals surface area contributed by atoms with Crippen LogP contribution >= 0.6 is 11.6 Å². The van der Waals surface area contributed by atoms with Crippen LogP contribution in [0.5, 0.6) is 5.75 Å². The second kappa shape index (κ2) is 11.1. The second-order valence-electron chi connectivity index (χ2n) is 11.2. The Labute approximate surface area is 230 Å². The lowest BCUT2D eigenvalue weighted by atomic mass is 9.87. The van der Waals surface area contributed by atoms with Gasteiger partial charge < -0.3 is 19.9 Å². The normalized spacial score (nSPS) is 14.3. The number of piperazine rings is 1. The Bertz CT molecular complexity index is 1260. The van der Waals surface area contributed by atoms with E-state index in [0.29, 0.717) is 35.1 Å². The number of halogens is 1. The summed E-state index contributed by atoms with van der Waals surface area (Å²) in [5, 5.41) is 3.59. The Morgan fingerprint density at radius 2 is 1.37 bits per heavy atom. The van der Waals surface area contributed by atoms with E-state index in [2.05, 4.69) is 31.0 Å². The predicted octanol–water partition coefficient (Wildman–Crippen LogP) is 6.40. The lowest BCUT2D eigenvalue weighted by Crippen LogP contribution is -2.48. The average Bonchev–Trinajstić information content (AvgIpc) is 2.89. The topological polar surface area (TPSA) is 61.9 Å². The molecule has 6 nitrogen and oxygen atoms in total. The summed E-state index contributed by atoms with van der Waals surface area (Å²) in [5.41, 5.74) is 2.62. The number of hydrogen-bond donors (Lipinski definition) is 1. The third-order valence-corrected chi connectivity index (χ3v) is 7.04. The van der Waals surface area contributed by atoms with Crippen LogP contribution in [-0.4, -0.2) is 48.5 Å². The lowest BCUT2D eigenvalue weighted by molar-refractivity contribution is -0.128. The molecule has 0 aliphatic carbocycles. The van der Waals surface area contributed by atoms with Gasteiger partial charge in [-0.25, -0.2) is 0 Å². The number of carbonyl (C=O) groups is 2. The van der Waals surface area contributed by atoms with Crippen molar-refractivity contribution >= 4 is 34.8 Å². The average molecular weight is 534 g/mol. The summed E-state index contributed by atoms with van der Waals surface area (Å²) in [6.45, 7) is 12.8. The van der Waals surface area contributed by atoms with E-state index in [-0.39, 0.29) is 17.2 Å². The smallest absolute Gasteiger partial charge is 0.267 e. The first kappa shape index (κ1) is 27.5. The van der Waals surface area contributed by atoms with E-state index in [4.69, 9.17) is 16.3 Å². The van der Waals surface area contributed by atoms with Gasteiger partial charge in [0.1, 0.15) is 5.75 Å². The van der Waals surface area contributed by atoms with Crippen molar-refractivity contribution in [3.63, 3.8) is 0 Å². The van der Waals surface area contributed by atoms with Crippen molar-refractivity contribution in [2.75, 3.05) is 36.4 Å². The summed E-state index contributed by atoms with van der Waals surface area (Å²) < 4.78 is 6.03. The zero-order valence-electron chi connectivity index (χ0n) is 22.8. The summed E-state index contributed by atoms with van der Waals surface area (Å²) in [7, 11) is 0. The van der Waals surface area contributed by atoms with E-state index in [1.54, 1.807) is 38.1 Å². The largest absolute Gasteiger partial charge is 0.478 e. The van der Waals surface area contributed by atoms with Crippen molar-refractivity contribution < 1.29 is 14.3 Å². The summed E-state index contributed by atoms with van der Waals surface area (Å²) in [6, 6.07) is 22.7. The molecular weight excluding hydrogens is 498 g/mol. The minimum atomic E-state index is -1.05. The van der Waals surface area contributed by atoms with Gasteiger partial charge in [0.05, 0.1) is 0 Å². The summed E-state index contributed by atoms with van der Waals surface area (Å²) in [5.74, 6) is 0.455. The van der Waals surface area contributed by atoms with Gasteiger partial charge in [0.25, 0.3) is 11.8 Å². The van der Waals surface area contributed by atoms with Crippen molar-refractivity contribution in [2.24, 2.45) is 0 Å². The lowest BCUT2D eigenvalue weighted by Gasteiger charge is -2.36. The van der Waals surface area contributed by atoms with Crippen molar-refractivity contribution in [1.82, 2.24) is 4.90 Å². The van der Waals surface area contributed by atoms with Crippen LogP contribution in [0.1, 0.15) is 50.5 Å².